The highest BCUT2D eigenvalue weighted by Gasteiger charge is 2.11. The molecule has 0 radical (unpaired) electrons. The van der Waals surface area contributed by atoms with Crippen molar-refractivity contribution in [2.75, 3.05) is 18.5 Å². The molecule has 5 nitrogen and oxygen atoms in total. The molecule has 2 rings (SSSR count). The molecule has 1 amide bonds. The van der Waals surface area contributed by atoms with E-state index in [1.807, 2.05) is 6.92 Å². The van der Waals surface area contributed by atoms with E-state index in [0.717, 1.165) is 5.56 Å². The quantitative estimate of drug-likeness (QED) is 0.787. The zero-order valence-electron chi connectivity index (χ0n) is 12.8. The van der Waals surface area contributed by atoms with Crippen molar-refractivity contribution in [3.05, 3.63) is 58.1 Å². The lowest BCUT2D eigenvalue weighted by atomic mass is 10.2. The second-order valence-corrected chi connectivity index (χ2v) is 5.73. The Morgan fingerprint density at radius 2 is 1.83 bits per heavy atom. The Kier molecular flexibility index (Phi) is 6.46. The third kappa shape index (κ3) is 5.44. The molecule has 0 aliphatic carbocycles. The molecule has 7 heteroatoms. The molecule has 0 aliphatic heterocycles. The van der Waals surface area contributed by atoms with E-state index in [1.165, 1.54) is 0 Å². The van der Waals surface area contributed by atoms with Crippen LogP contribution in [0.1, 0.15) is 5.56 Å². The van der Waals surface area contributed by atoms with Crippen molar-refractivity contribution in [3.63, 3.8) is 0 Å². The molecule has 0 unspecified atom stereocenters. The van der Waals surface area contributed by atoms with Gasteiger partial charge in [-0.3, -0.25) is 4.79 Å². The largest absolute Gasteiger partial charge is 0.482 e. The molecule has 0 spiro atoms. The lowest BCUT2D eigenvalue weighted by Gasteiger charge is -2.10. The molecular weight excluding hydrogens is 353 g/mol. The van der Waals surface area contributed by atoms with Gasteiger partial charge in [0.05, 0.1) is 10.7 Å². The third-order valence-corrected chi connectivity index (χ3v) is 3.56. The van der Waals surface area contributed by atoms with Crippen LogP contribution in [0.5, 0.6) is 5.75 Å². The van der Waals surface area contributed by atoms with Gasteiger partial charge in [-0.2, -0.15) is 0 Å². The van der Waals surface area contributed by atoms with Crippen LogP contribution in [-0.4, -0.2) is 25.1 Å². The number of carbonyl (C=O) groups excluding carboxylic acids is 2. The van der Waals surface area contributed by atoms with Crippen molar-refractivity contribution in [2.24, 2.45) is 0 Å². The fourth-order valence-corrected chi connectivity index (χ4v) is 2.26. The average Bonchev–Trinajstić information content (AvgIpc) is 2.54. The van der Waals surface area contributed by atoms with Crippen molar-refractivity contribution in [1.82, 2.24) is 0 Å². The van der Waals surface area contributed by atoms with Crippen LogP contribution in [0.3, 0.4) is 0 Å². The van der Waals surface area contributed by atoms with E-state index in [0.29, 0.717) is 21.5 Å². The summed E-state index contributed by atoms with van der Waals surface area (Å²) in [6, 6.07) is 11.8. The molecule has 126 valence electrons. The number of carbonyl (C=O) groups is 2. The Balaban J connectivity index is 1.76. The number of halogens is 2. The summed E-state index contributed by atoms with van der Waals surface area (Å²) in [5, 5.41) is 3.53. The van der Waals surface area contributed by atoms with Crippen LogP contribution in [0.25, 0.3) is 0 Å². The van der Waals surface area contributed by atoms with E-state index in [-0.39, 0.29) is 6.61 Å². The van der Waals surface area contributed by atoms with Crippen molar-refractivity contribution >= 4 is 40.8 Å². The normalized spacial score (nSPS) is 10.1. The Labute approximate surface area is 149 Å². The van der Waals surface area contributed by atoms with Crippen LogP contribution in [0.4, 0.5) is 5.69 Å². The number of amides is 1. The lowest BCUT2D eigenvalue weighted by Crippen LogP contribution is -2.23. The molecule has 0 saturated heterocycles. The summed E-state index contributed by atoms with van der Waals surface area (Å²) in [6.45, 7) is 1.08. The molecular formula is C17H15Cl2NO4. The van der Waals surface area contributed by atoms with E-state index < -0.39 is 18.5 Å². The maximum Gasteiger partial charge on any atom is 0.344 e. The zero-order chi connectivity index (χ0) is 17.5. The Hall–Kier alpha value is -2.24. The van der Waals surface area contributed by atoms with Crippen LogP contribution in [0, 0.1) is 6.92 Å². The topological polar surface area (TPSA) is 64.6 Å². The van der Waals surface area contributed by atoms with Crippen molar-refractivity contribution in [2.45, 2.75) is 6.92 Å². The summed E-state index contributed by atoms with van der Waals surface area (Å²) in [6.07, 6.45) is 0. The van der Waals surface area contributed by atoms with Crippen molar-refractivity contribution in [1.29, 1.82) is 0 Å². The number of nitrogens with one attached hydrogen (secondary N) is 1. The van der Waals surface area contributed by atoms with Gasteiger partial charge in [0.15, 0.2) is 13.2 Å². The van der Waals surface area contributed by atoms with Gasteiger partial charge in [-0.1, -0.05) is 35.3 Å². The van der Waals surface area contributed by atoms with E-state index >= 15 is 0 Å². The van der Waals surface area contributed by atoms with Crippen LogP contribution in [0.15, 0.2) is 42.5 Å². The van der Waals surface area contributed by atoms with Crippen LogP contribution in [0.2, 0.25) is 10.0 Å². The fourth-order valence-electron chi connectivity index (χ4n) is 1.85. The maximum atomic E-state index is 11.7. The van der Waals surface area contributed by atoms with Gasteiger partial charge in [-0.25, -0.2) is 4.79 Å². The van der Waals surface area contributed by atoms with Gasteiger partial charge < -0.3 is 14.8 Å². The molecule has 2 aromatic rings. The van der Waals surface area contributed by atoms with Gasteiger partial charge >= 0.3 is 5.97 Å². The summed E-state index contributed by atoms with van der Waals surface area (Å²) in [7, 11) is 0. The van der Waals surface area contributed by atoms with Gasteiger partial charge in [-0.05, 0) is 42.8 Å². The summed E-state index contributed by atoms with van der Waals surface area (Å²) < 4.78 is 10.2. The zero-order valence-corrected chi connectivity index (χ0v) is 14.4. The Morgan fingerprint density at radius 3 is 2.54 bits per heavy atom. The number of anilines is 1. The van der Waals surface area contributed by atoms with E-state index in [1.54, 1.807) is 42.5 Å². The second-order valence-electron chi connectivity index (χ2n) is 4.89. The number of rotatable bonds is 6. The molecule has 0 fully saturated rings. The van der Waals surface area contributed by atoms with Gasteiger partial charge in [0.2, 0.25) is 0 Å². The predicted octanol–water partition coefficient (Wildman–Crippen LogP) is 3.86. The van der Waals surface area contributed by atoms with Crippen molar-refractivity contribution in [3.8, 4) is 5.75 Å². The van der Waals surface area contributed by atoms with Gasteiger partial charge in [-0.15, -0.1) is 0 Å². The number of aryl methyl sites for hydroxylation is 1. The fraction of sp³-hybridized carbons (Fsp3) is 0.176. The summed E-state index contributed by atoms with van der Waals surface area (Å²) in [4.78, 5) is 23.4. The first-order chi connectivity index (χ1) is 11.5. The first-order valence-electron chi connectivity index (χ1n) is 7.04. The first-order valence-corrected chi connectivity index (χ1v) is 7.80. The number of para-hydroxylation sites is 1. The Morgan fingerprint density at radius 1 is 1.08 bits per heavy atom. The predicted molar refractivity (Wildman–Crippen MR) is 92.7 cm³/mol. The standard InChI is InChI=1S/C17H15Cl2NO4/c1-11-8-12(18)6-7-15(11)23-10-17(22)24-9-16(21)20-14-5-3-2-4-13(14)19/h2-8H,9-10H2,1H3,(H,20,21). The minimum atomic E-state index is -0.654. The van der Waals surface area contributed by atoms with Crippen LogP contribution in [-0.2, 0) is 14.3 Å². The maximum absolute atomic E-state index is 11.7. The SMILES string of the molecule is Cc1cc(Cl)ccc1OCC(=O)OCC(=O)Nc1ccccc1Cl. The van der Waals surface area contributed by atoms with Gasteiger partial charge in [0.25, 0.3) is 5.91 Å². The van der Waals surface area contributed by atoms with Crippen molar-refractivity contribution < 1.29 is 19.1 Å². The molecule has 0 aromatic heterocycles. The monoisotopic (exact) mass is 367 g/mol. The second kappa shape index (κ2) is 8.57. The highest BCUT2D eigenvalue weighted by Crippen LogP contribution is 2.22. The summed E-state index contributed by atoms with van der Waals surface area (Å²) in [5.41, 5.74) is 1.25. The number of hydrogen-bond acceptors (Lipinski definition) is 4. The Bertz CT molecular complexity index is 749. The molecule has 24 heavy (non-hydrogen) atoms. The highest BCUT2D eigenvalue weighted by molar-refractivity contribution is 6.33. The van der Waals surface area contributed by atoms with E-state index in [4.69, 9.17) is 32.7 Å². The molecule has 2 aromatic carbocycles. The molecule has 0 atom stereocenters. The van der Waals surface area contributed by atoms with Gasteiger partial charge in [0.1, 0.15) is 5.75 Å². The highest BCUT2D eigenvalue weighted by atomic mass is 35.5. The minimum Gasteiger partial charge on any atom is -0.482 e. The first kappa shape index (κ1) is 18.1. The summed E-state index contributed by atoms with van der Waals surface area (Å²) >= 11 is 11.8. The van der Waals surface area contributed by atoms with Gasteiger partial charge in [0, 0.05) is 5.02 Å². The third-order valence-electron chi connectivity index (χ3n) is 2.99. The molecule has 0 bridgehead atoms. The minimum absolute atomic E-state index is 0.304. The number of benzene rings is 2. The van der Waals surface area contributed by atoms with Crippen LogP contribution >= 0.6 is 23.2 Å². The average molecular weight is 368 g/mol. The lowest BCUT2D eigenvalue weighted by molar-refractivity contribution is -0.149. The van der Waals surface area contributed by atoms with Crippen LogP contribution < -0.4 is 10.1 Å². The van der Waals surface area contributed by atoms with E-state index in [9.17, 15) is 9.59 Å². The number of ether oxygens (including phenoxy) is 2. The molecule has 0 aliphatic rings. The smallest absolute Gasteiger partial charge is 0.344 e. The number of esters is 1. The summed E-state index contributed by atoms with van der Waals surface area (Å²) in [5.74, 6) is -0.616. The molecule has 1 N–H and O–H groups in total. The number of hydrogen-bond donors (Lipinski definition) is 1. The van der Waals surface area contributed by atoms with E-state index in [2.05, 4.69) is 5.32 Å². The molecule has 0 saturated carbocycles. The molecule has 0 heterocycles.